The van der Waals surface area contributed by atoms with Crippen LogP contribution < -0.4 is 4.72 Å². The van der Waals surface area contributed by atoms with Crippen molar-refractivity contribution in [3.63, 3.8) is 0 Å². The van der Waals surface area contributed by atoms with E-state index in [4.69, 9.17) is 0 Å². The zero-order valence-electron chi connectivity index (χ0n) is 8.58. The van der Waals surface area contributed by atoms with E-state index < -0.39 is 10.0 Å². The minimum absolute atomic E-state index is 0.0466. The zero-order valence-corrected chi connectivity index (χ0v) is 11.8. The summed E-state index contributed by atoms with van der Waals surface area (Å²) < 4.78 is 27.1. The van der Waals surface area contributed by atoms with Gasteiger partial charge in [-0.05, 0) is 34.5 Å². The second kappa shape index (κ2) is 4.67. The van der Waals surface area contributed by atoms with Gasteiger partial charge in [-0.3, -0.25) is 0 Å². The van der Waals surface area contributed by atoms with Gasteiger partial charge in [-0.1, -0.05) is 0 Å². The molecule has 6 nitrogen and oxygen atoms in total. The van der Waals surface area contributed by atoms with Crippen molar-refractivity contribution in [1.82, 2.24) is 15.2 Å². The van der Waals surface area contributed by atoms with Crippen molar-refractivity contribution in [2.45, 2.75) is 11.1 Å². The summed E-state index contributed by atoms with van der Waals surface area (Å²) in [5.74, 6) is -0.0466. The van der Waals surface area contributed by atoms with E-state index in [0.29, 0.717) is 0 Å². The molecular weight excluding hydrogens is 328 g/mol. The van der Waals surface area contributed by atoms with Crippen LogP contribution in [0.2, 0.25) is 0 Å². The second-order valence-electron chi connectivity index (χ2n) is 3.09. The van der Waals surface area contributed by atoms with E-state index in [0.717, 1.165) is 20.7 Å². The first-order valence-corrected chi connectivity index (χ1v) is 7.51. The van der Waals surface area contributed by atoms with Crippen LogP contribution in [0.25, 0.3) is 0 Å². The maximum absolute atomic E-state index is 11.9. The summed E-state index contributed by atoms with van der Waals surface area (Å²) in [5.41, 5.74) is 0.863. The number of hydrogen-bond donors (Lipinski definition) is 1. The SMILES string of the molecule is Cc1cc(S(=O)(=O)Nc2nccnn2)sc1Br. The molecule has 0 aromatic carbocycles. The normalized spacial score (nSPS) is 11.4. The summed E-state index contributed by atoms with van der Waals surface area (Å²) in [6.45, 7) is 1.82. The van der Waals surface area contributed by atoms with Gasteiger partial charge in [-0.25, -0.2) is 18.1 Å². The van der Waals surface area contributed by atoms with Gasteiger partial charge in [0.25, 0.3) is 16.0 Å². The third-order valence-corrected chi connectivity index (χ3v) is 5.75. The Kier molecular flexibility index (Phi) is 3.40. The molecule has 2 rings (SSSR count). The zero-order chi connectivity index (χ0) is 12.5. The summed E-state index contributed by atoms with van der Waals surface area (Å²) in [7, 11) is -3.64. The smallest absolute Gasteiger partial charge is 0.245 e. The molecule has 0 aliphatic carbocycles. The van der Waals surface area contributed by atoms with E-state index in [1.807, 2.05) is 6.92 Å². The highest BCUT2D eigenvalue weighted by Gasteiger charge is 2.19. The third kappa shape index (κ3) is 2.79. The van der Waals surface area contributed by atoms with Gasteiger partial charge in [0.15, 0.2) is 0 Å². The fraction of sp³-hybridized carbons (Fsp3) is 0.125. The van der Waals surface area contributed by atoms with Gasteiger partial charge >= 0.3 is 0 Å². The molecule has 2 aromatic heterocycles. The molecule has 90 valence electrons. The van der Waals surface area contributed by atoms with E-state index in [9.17, 15) is 8.42 Å². The Morgan fingerprint density at radius 2 is 2.18 bits per heavy atom. The summed E-state index contributed by atoms with van der Waals surface area (Å²) in [4.78, 5) is 3.75. The average Bonchev–Trinajstić information content (AvgIpc) is 2.61. The number of rotatable bonds is 3. The standard InChI is InChI=1S/C8H7BrN4O2S2/c1-5-4-6(16-7(5)9)17(14,15)13-8-10-2-3-11-12-8/h2-4H,1H3,(H,10,12,13). The largest absolute Gasteiger partial charge is 0.273 e. The Morgan fingerprint density at radius 3 is 2.71 bits per heavy atom. The van der Waals surface area contributed by atoms with E-state index in [-0.39, 0.29) is 10.2 Å². The molecule has 0 atom stereocenters. The maximum Gasteiger partial charge on any atom is 0.273 e. The van der Waals surface area contributed by atoms with E-state index in [1.54, 1.807) is 6.07 Å². The maximum atomic E-state index is 11.9. The van der Waals surface area contributed by atoms with Gasteiger partial charge < -0.3 is 0 Å². The van der Waals surface area contributed by atoms with Crippen LogP contribution in [0.1, 0.15) is 5.56 Å². The molecule has 1 N–H and O–H groups in total. The molecule has 9 heteroatoms. The Bertz CT molecular complexity index is 607. The molecule has 0 saturated carbocycles. The first-order chi connectivity index (χ1) is 7.99. The van der Waals surface area contributed by atoms with Gasteiger partial charge in [-0.2, -0.15) is 5.10 Å². The number of aryl methyl sites for hydroxylation is 1. The Labute approximate surface area is 110 Å². The number of anilines is 1. The molecule has 0 aliphatic heterocycles. The van der Waals surface area contributed by atoms with Crippen LogP contribution in [0.5, 0.6) is 0 Å². The molecule has 0 bridgehead atoms. The van der Waals surface area contributed by atoms with Crippen molar-refractivity contribution in [3.8, 4) is 0 Å². The first-order valence-electron chi connectivity index (χ1n) is 4.41. The Morgan fingerprint density at radius 1 is 1.41 bits per heavy atom. The molecule has 0 fully saturated rings. The van der Waals surface area contributed by atoms with Crippen LogP contribution in [0.15, 0.2) is 26.5 Å². The van der Waals surface area contributed by atoms with Crippen molar-refractivity contribution >= 4 is 43.2 Å². The summed E-state index contributed by atoms with van der Waals surface area (Å²) in [6, 6.07) is 1.58. The molecular formula is C8H7BrN4O2S2. The number of hydrogen-bond acceptors (Lipinski definition) is 6. The van der Waals surface area contributed by atoms with Crippen LogP contribution in [0.4, 0.5) is 5.95 Å². The molecule has 0 aliphatic rings. The average molecular weight is 335 g/mol. The molecule has 0 amide bonds. The van der Waals surface area contributed by atoms with Gasteiger partial charge in [0.1, 0.15) is 4.21 Å². The highest BCUT2D eigenvalue weighted by Crippen LogP contribution is 2.31. The van der Waals surface area contributed by atoms with Crippen molar-refractivity contribution in [2.24, 2.45) is 0 Å². The lowest BCUT2D eigenvalue weighted by Crippen LogP contribution is -2.14. The van der Waals surface area contributed by atoms with E-state index in [2.05, 4.69) is 35.8 Å². The van der Waals surface area contributed by atoms with E-state index >= 15 is 0 Å². The number of nitrogens with zero attached hydrogens (tertiary/aromatic N) is 3. The number of aromatic nitrogens is 3. The predicted octanol–water partition coefficient (Wildman–Crippen LogP) is 1.80. The highest BCUT2D eigenvalue weighted by molar-refractivity contribution is 9.11. The second-order valence-corrected chi connectivity index (χ2v) is 7.37. The molecule has 17 heavy (non-hydrogen) atoms. The summed E-state index contributed by atoms with van der Waals surface area (Å²) >= 11 is 4.41. The fourth-order valence-corrected chi connectivity index (χ4v) is 4.20. The van der Waals surface area contributed by atoms with Gasteiger partial charge in [0.2, 0.25) is 0 Å². The molecule has 2 heterocycles. The van der Waals surface area contributed by atoms with Crippen molar-refractivity contribution in [3.05, 3.63) is 27.8 Å². The fourth-order valence-electron chi connectivity index (χ4n) is 1.03. The van der Waals surface area contributed by atoms with Gasteiger partial charge in [0, 0.05) is 0 Å². The third-order valence-electron chi connectivity index (χ3n) is 1.81. The molecule has 0 unspecified atom stereocenters. The van der Waals surface area contributed by atoms with Gasteiger partial charge in [0.05, 0.1) is 16.2 Å². The lowest BCUT2D eigenvalue weighted by Gasteiger charge is -2.02. The quantitative estimate of drug-likeness (QED) is 0.925. The number of thiophene rings is 1. The number of sulfonamides is 1. The topological polar surface area (TPSA) is 84.8 Å². The van der Waals surface area contributed by atoms with Crippen LogP contribution in [0.3, 0.4) is 0 Å². The summed E-state index contributed by atoms with van der Waals surface area (Å²) in [5, 5.41) is 7.10. The monoisotopic (exact) mass is 334 g/mol. The van der Waals surface area contributed by atoms with Gasteiger partial charge in [-0.15, -0.1) is 16.4 Å². The lowest BCUT2D eigenvalue weighted by molar-refractivity contribution is 0.602. The summed E-state index contributed by atoms with van der Waals surface area (Å²) in [6.07, 6.45) is 2.73. The van der Waals surface area contributed by atoms with Crippen molar-refractivity contribution in [2.75, 3.05) is 4.72 Å². The van der Waals surface area contributed by atoms with Crippen LogP contribution in [0, 0.1) is 6.92 Å². The number of halogens is 1. The van der Waals surface area contributed by atoms with Crippen molar-refractivity contribution < 1.29 is 8.42 Å². The molecule has 0 saturated heterocycles. The predicted molar refractivity (Wildman–Crippen MR) is 67.4 cm³/mol. The molecule has 2 aromatic rings. The Hall–Kier alpha value is -1.06. The minimum Gasteiger partial charge on any atom is -0.245 e. The number of nitrogens with one attached hydrogen (secondary N) is 1. The Balaban J connectivity index is 2.32. The lowest BCUT2D eigenvalue weighted by atomic mass is 10.4. The minimum atomic E-state index is -3.64. The molecule has 0 spiro atoms. The first kappa shape index (κ1) is 12.4. The molecule has 0 radical (unpaired) electrons. The van der Waals surface area contributed by atoms with E-state index in [1.165, 1.54) is 12.4 Å². The van der Waals surface area contributed by atoms with Crippen LogP contribution in [-0.2, 0) is 10.0 Å². The van der Waals surface area contributed by atoms with Crippen molar-refractivity contribution in [1.29, 1.82) is 0 Å². The van der Waals surface area contributed by atoms with Crippen LogP contribution in [-0.4, -0.2) is 23.6 Å². The van der Waals surface area contributed by atoms with Crippen LogP contribution >= 0.6 is 27.3 Å². The highest BCUT2D eigenvalue weighted by atomic mass is 79.9.